The number of rotatable bonds is 3. The van der Waals surface area contributed by atoms with Crippen LogP contribution in [-0.2, 0) is 5.75 Å². The number of pyridine rings is 1. The van der Waals surface area contributed by atoms with Gasteiger partial charge in [0.15, 0.2) is 0 Å². The van der Waals surface area contributed by atoms with Crippen LogP contribution in [0.5, 0.6) is 0 Å². The third-order valence-corrected chi connectivity index (χ3v) is 3.73. The lowest BCUT2D eigenvalue weighted by molar-refractivity contribution is 0.626. The number of hydrogen-bond donors (Lipinski definition) is 0. The van der Waals surface area contributed by atoms with Crippen LogP contribution in [0.3, 0.4) is 0 Å². The molecule has 1 heterocycles. The van der Waals surface area contributed by atoms with Crippen LogP contribution in [0.4, 0.5) is 4.39 Å². The van der Waals surface area contributed by atoms with E-state index in [1.807, 2.05) is 12.1 Å². The van der Waals surface area contributed by atoms with Crippen LogP contribution < -0.4 is 0 Å². The van der Waals surface area contributed by atoms with Crippen LogP contribution >= 0.6 is 27.7 Å². The minimum absolute atomic E-state index is 0.326. The number of benzene rings is 1. The first-order chi connectivity index (χ1) is 8.69. The van der Waals surface area contributed by atoms with Crippen molar-refractivity contribution in [1.82, 2.24) is 4.98 Å². The third-order valence-electron chi connectivity index (χ3n) is 2.26. The Kier molecular flexibility index (Phi) is 4.34. The zero-order valence-electron chi connectivity index (χ0n) is 9.23. The van der Waals surface area contributed by atoms with E-state index in [2.05, 4.69) is 27.0 Å². The van der Waals surface area contributed by atoms with Gasteiger partial charge in [-0.1, -0.05) is 0 Å². The average molecular weight is 323 g/mol. The Bertz CT molecular complexity index is 593. The number of thioether (sulfide) groups is 1. The fourth-order valence-electron chi connectivity index (χ4n) is 1.39. The molecule has 2 nitrogen and oxygen atoms in total. The van der Waals surface area contributed by atoms with Crippen molar-refractivity contribution in [2.45, 2.75) is 10.8 Å². The van der Waals surface area contributed by atoms with Crippen molar-refractivity contribution in [2.24, 2.45) is 0 Å². The summed E-state index contributed by atoms with van der Waals surface area (Å²) in [5.74, 6) is 0.198. The summed E-state index contributed by atoms with van der Waals surface area (Å²) in [7, 11) is 0. The third kappa shape index (κ3) is 3.31. The highest BCUT2D eigenvalue weighted by Crippen LogP contribution is 2.24. The molecule has 0 unspecified atom stereocenters. The molecule has 5 heteroatoms. The molecular weight excluding hydrogens is 315 g/mol. The SMILES string of the molecule is N#Cc1ccc(F)cc1CSc1ccc(Br)cn1. The van der Waals surface area contributed by atoms with Crippen molar-refractivity contribution in [3.05, 3.63) is 57.9 Å². The molecular formula is C13H8BrFN2S. The van der Waals surface area contributed by atoms with Gasteiger partial charge in [0.05, 0.1) is 16.7 Å². The molecule has 0 saturated heterocycles. The van der Waals surface area contributed by atoms with Crippen LogP contribution in [0.15, 0.2) is 46.0 Å². The molecule has 0 bridgehead atoms. The number of halogens is 2. The van der Waals surface area contributed by atoms with E-state index >= 15 is 0 Å². The second-order valence-electron chi connectivity index (χ2n) is 3.52. The minimum atomic E-state index is -0.326. The molecule has 0 N–H and O–H groups in total. The van der Waals surface area contributed by atoms with Gasteiger partial charge in [-0.15, -0.1) is 11.8 Å². The van der Waals surface area contributed by atoms with Crippen molar-refractivity contribution in [1.29, 1.82) is 5.26 Å². The first-order valence-electron chi connectivity index (χ1n) is 5.12. The van der Waals surface area contributed by atoms with E-state index in [9.17, 15) is 4.39 Å². The van der Waals surface area contributed by atoms with Gasteiger partial charge >= 0.3 is 0 Å². The van der Waals surface area contributed by atoms with E-state index in [1.165, 1.54) is 30.0 Å². The summed E-state index contributed by atoms with van der Waals surface area (Å²) in [4.78, 5) is 4.21. The Morgan fingerprint density at radius 2 is 2.17 bits per heavy atom. The molecule has 0 aliphatic carbocycles. The van der Waals surface area contributed by atoms with Crippen molar-refractivity contribution in [3.8, 4) is 6.07 Å². The maximum atomic E-state index is 13.1. The molecule has 0 radical (unpaired) electrons. The Morgan fingerprint density at radius 1 is 1.33 bits per heavy atom. The molecule has 0 saturated carbocycles. The minimum Gasteiger partial charge on any atom is -0.249 e. The van der Waals surface area contributed by atoms with Gasteiger partial charge in [0.2, 0.25) is 0 Å². The van der Waals surface area contributed by atoms with Crippen molar-refractivity contribution >= 4 is 27.7 Å². The first kappa shape index (κ1) is 13.1. The standard InChI is InChI=1S/C13H8BrFN2S/c14-11-2-4-13(17-7-11)18-8-10-5-12(15)3-1-9(10)6-16/h1-5,7H,8H2. The average Bonchev–Trinajstić information content (AvgIpc) is 2.38. The van der Waals surface area contributed by atoms with E-state index in [0.29, 0.717) is 16.9 Å². The van der Waals surface area contributed by atoms with E-state index in [4.69, 9.17) is 5.26 Å². The molecule has 18 heavy (non-hydrogen) atoms. The van der Waals surface area contributed by atoms with Crippen LogP contribution in [0.25, 0.3) is 0 Å². The second kappa shape index (κ2) is 5.98. The maximum Gasteiger partial charge on any atom is 0.123 e. The summed E-state index contributed by atoms with van der Waals surface area (Å²) in [6.07, 6.45) is 1.71. The summed E-state index contributed by atoms with van der Waals surface area (Å²) < 4.78 is 14.0. The van der Waals surface area contributed by atoms with E-state index < -0.39 is 0 Å². The van der Waals surface area contributed by atoms with E-state index in [1.54, 1.807) is 6.20 Å². The fourth-order valence-corrected chi connectivity index (χ4v) is 2.46. The Labute approximate surface area is 117 Å². The van der Waals surface area contributed by atoms with Gasteiger partial charge in [0.1, 0.15) is 5.82 Å². The Balaban J connectivity index is 2.13. The van der Waals surface area contributed by atoms with Crippen LogP contribution in [0, 0.1) is 17.1 Å². The lowest BCUT2D eigenvalue weighted by Gasteiger charge is -2.04. The molecule has 0 atom stereocenters. The number of nitrogens with zero attached hydrogens (tertiary/aromatic N) is 2. The van der Waals surface area contributed by atoms with Crippen LogP contribution in [-0.4, -0.2) is 4.98 Å². The second-order valence-corrected chi connectivity index (χ2v) is 5.43. The summed E-state index contributed by atoms with van der Waals surface area (Å²) in [5.41, 5.74) is 1.19. The highest BCUT2D eigenvalue weighted by atomic mass is 79.9. The zero-order chi connectivity index (χ0) is 13.0. The molecule has 2 rings (SSSR count). The van der Waals surface area contributed by atoms with Crippen LogP contribution in [0.2, 0.25) is 0 Å². The normalized spacial score (nSPS) is 10.1. The molecule has 2 aromatic rings. The molecule has 0 aliphatic heterocycles. The number of hydrogen-bond acceptors (Lipinski definition) is 3. The van der Waals surface area contributed by atoms with Gasteiger partial charge < -0.3 is 0 Å². The zero-order valence-corrected chi connectivity index (χ0v) is 11.6. The smallest absolute Gasteiger partial charge is 0.123 e. The number of nitriles is 1. The Hall–Kier alpha value is -1.38. The highest BCUT2D eigenvalue weighted by molar-refractivity contribution is 9.10. The van der Waals surface area contributed by atoms with Gasteiger partial charge in [-0.05, 0) is 51.8 Å². The molecule has 0 fully saturated rings. The maximum absolute atomic E-state index is 13.1. The monoisotopic (exact) mass is 322 g/mol. The van der Waals surface area contributed by atoms with Crippen molar-refractivity contribution < 1.29 is 4.39 Å². The van der Waals surface area contributed by atoms with Crippen molar-refractivity contribution in [3.63, 3.8) is 0 Å². The first-order valence-corrected chi connectivity index (χ1v) is 6.90. The van der Waals surface area contributed by atoms with Gasteiger partial charge in [-0.2, -0.15) is 5.26 Å². The van der Waals surface area contributed by atoms with Crippen LogP contribution in [0.1, 0.15) is 11.1 Å². The summed E-state index contributed by atoms with van der Waals surface area (Å²) >= 11 is 4.78. The lowest BCUT2D eigenvalue weighted by atomic mass is 10.1. The fraction of sp³-hybridized carbons (Fsp3) is 0.0769. The predicted octanol–water partition coefficient (Wildman–Crippen LogP) is 4.15. The lowest BCUT2D eigenvalue weighted by Crippen LogP contribution is -1.90. The Morgan fingerprint density at radius 3 is 2.83 bits per heavy atom. The molecule has 0 spiro atoms. The van der Waals surface area contributed by atoms with Gasteiger partial charge in [-0.3, -0.25) is 0 Å². The molecule has 90 valence electrons. The number of aromatic nitrogens is 1. The molecule has 1 aromatic heterocycles. The van der Waals surface area contributed by atoms with Crippen molar-refractivity contribution in [2.75, 3.05) is 0 Å². The summed E-state index contributed by atoms with van der Waals surface area (Å²) in [6, 6.07) is 10.0. The highest BCUT2D eigenvalue weighted by Gasteiger charge is 2.05. The molecule has 0 amide bonds. The molecule has 0 aliphatic rings. The quantitative estimate of drug-likeness (QED) is 0.796. The molecule has 1 aromatic carbocycles. The van der Waals surface area contributed by atoms with Gasteiger partial charge in [-0.25, -0.2) is 9.37 Å². The topological polar surface area (TPSA) is 36.7 Å². The van der Waals surface area contributed by atoms with E-state index in [-0.39, 0.29) is 5.82 Å². The van der Waals surface area contributed by atoms with E-state index in [0.717, 1.165) is 9.50 Å². The summed E-state index contributed by atoms with van der Waals surface area (Å²) in [5, 5.41) is 9.78. The van der Waals surface area contributed by atoms with Gasteiger partial charge in [0.25, 0.3) is 0 Å². The predicted molar refractivity (Wildman–Crippen MR) is 72.6 cm³/mol. The summed E-state index contributed by atoms with van der Waals surface area (Å²) in [6.45, 7) is 0. The largest absolute Gasteiger partial charge is 0.249 e. The van der Waals surface area contributed by atoms with Gasteiger partial charge in [0, 0.05) is 16.4 Å².